The number of carboxylic acid groups (broad SMARTS) is 1. The van der Waals surface area contributed by atoms with Gasteiger partial charge in [-0.15, -0.1) is 0 Å². The molecule has 39 heavy (non-hydrogen) atoms. The van der Waals surface area contributed by atoms with Crippen LogP contribution < -0.4 is 0 Å². The van der Waals surface area contributed by atoms with Crippen molar-refractivity contribution in [3.63, 3.8) is 0 Å². The zero-order valence-corrected chi connectivity index (χ0v) is 23.7. The van der Waals surface area contributed by atoms with Crippen LogP contribution in [-0.2, 0) is 27.2 Å². The predicted octanol–water partition coefficient (Wildman–Crippen LogP) is 5.98. The van der Waals surface area contributed by atoms with Gasteiger partial charge in [-0.05, 0) is 68.5 Å². The first-order valence-corrected chi connectivity index (χ1v) is 14.0. The summed E-state index contributed by atoms with van der Waals surface area (Å²) in [6.45, 7) is 10.2. The second-order valence-electron chi connectivity index (χ2n) is 10.6. The molecule has 0 amide bonds. The fourth-order valence-electron chi connectivity index (χ4n) is 4.85. The predicted molar refractivity (Wildman–Crippen MR) is 151 cm³/mol. The standard InChI is InChI=1S/C30H38ClN3O5/c1-4-37-15-16-38-20-30(29(35)36)11-13-34(14-12-30)19-22-5-7-23(8-6-22)27-32-28(39-33-27)25-10-9-24(17-21(2)3)26(31)18-25/h5-10,18,21H,4,11-17,19-20H2,1-3H3,(H,35,36). The fraction of sp³-hybridized carbons (Fsp3) is 0.500. The highest BCUT2D eigenvalue weighted by atomic mass is 35.5. The van der Waals surface area contributed by atoms with Gasteiger partial charge < -0.3 is 19.1 Å². The molecule has 1 aliphatic heterocycles. The van der Waals surface area contributed by atoms with Crippen molar-refractivity contribution in [3.8, 4) is 22.8 Å². The lowest BCUT2D eigenvalue weighted by molar-refractivity contribution is -0.157. The van der Waals surface area contributed by atoms with Crippen molar-refractivity contribution >= 4 is 17.6 Å². The Bertz CT molecular complexity index is 1220. The molecule has 0 unspecified atom stereocenters. The minimum absolute atomic E-state index is 0.221. The summed E-state index contributed by atoms with van der Waals surface area (Å²) in [5.41, 5.74) is 3.08. The zero-order valence-electron chi connectivity index (χ0n) is 23.0. The Morgan fingerprint density at radius 1 is 1.10 bits per heavy atom. The largest absolute Gasteiger partial charge is 0.481 e. The first kappa shape index (κ1) is 29.2. The molecule has 0 atom stereocenters. The Hall–Kier alpha value is -2.78. The van der Waals surface area contributed by atoms with Gasteiger partial charge >= 0.3 is 5.97 Å². The third kappa shape index (κ3) is 7.66. The summed E-state index contributed by atoms with van der Waals surface area (Å²) in [5.74, 6) is 0.697. The van der Waals surface area contributed by atoms with Crippen molar-refractivity contribution in [2.24, 2.45) is 11.3 Å². The van der Waals surface area contributed by atoms with Gasteiger partial charge in [0.1, 0.15) is 0 Å². The highest BCUT2D eigenvalue weighted by Gasteiger charge is 2.41. The summed E-state index contributed by atoms with van der Waals surface area (Å²) in [7, 11) is 0. The quantitative estimate of drug-likeness (QED) is 0.257. The molecule has 0 aliphatic carbocycles. The Kier molecular flexibility index (Phi) is 10.1. The maximum Gasteiger partial charge on any atom is 0.312 e. The molecule has 0 saturated carbocycles. The lowest BCUT2D eigenvalue weighted by Crippen LogP contribution is -2.46. The van der Waals surface area contributed by atoms with E-state index in [0.717, 1.165) is 35.2 Å². The summed E-state index contributed by atoms with van der Waals surface area (Å²) in [6.07, 6.45) is 2.04. The van der Waals surface area contributed by atoms with Crippen LogP contribution in [0.3, 0.4) is 0 Å². The van der Waals surface area contributed by atoms with E-state index in [-0.39, 0.29) is 6.61 Å². The van der Waals surface area contributed by atoms with Gasteiger partial charge in [0.05, 0.1) is 25.2 Å². The van der Waals surface area contributed by atoms with E-state index in [0.29, 0.717) is 68.4 Å². The molecule has 1 N–H and O–H groups in total. The molecule has 1 aromatic heterocycles. The van der Waals surface area contributed by atoms with Gasteiger partial charge in [0.15, 0.2) is 0 Å². The van der Waals surface area contributed by atoms with E-state index in [9.17, 15) is 9.90 Å². The second kappa shape index (κ2) is 13.5. The number of likely N-dealkylation sites (tertiary alicyclic amines) is 1. The molecule has 2 aromatic carbocycles. The third-order valence-electron chi connectivity index (χ3n) is 7.19. The molecule has 8 nitrogen and oxygen atoms in total. The van der Waals surface area contributed by atoms with Gasteiger partial charge in [-0.1, -0.05) is 60.9 Å². The number of halogens is 1. The van der Waals surface area contributed by atoms with Gasteiger partial charge in [0.2, 0.25) is 5.82 Å². The molecule has 1 fully saturated rings. The van der Waals surface area contributed by atoms with Crippen LogP contribution in [0.1, 0.15) is 44.7 Å². The molecular formula is C30H38ClN3O5. The molecule has 0 radical (unpaired) electrons. The molecule has 210 valence electrons. The number of hydrogen-bond acceptors (Lipinski definition) is 7. The maximum atomic E-state index is 12.0. The van der Waals surface area contributed by atoms with E-state index in [1.165, 1.54) is 0 Å². The number of piperidine rings is 1. The van der Waals surface area contributed by atoms with Crippen LogP contribution in [0.15, 0.2) is 47.0 Å². The average molecular weight is 556 g/mol. The molecule has 9 heteroatoms. The number of carbonyl (C=O) groups is 1. The highest BCUT2D eigenvalue weighted by molar-refractivity contribution is 6.31. The molecule has 1 aliphatic rings. The average Bonchev–Trinajstić information content (AvgIpc) is 3.41. The molecule has 3 aromatic rings. The SMILES string of the molecule is CCOCCOCC1(C(=O)O)CCN(Cc2ccc(-c3noc(-c4ccc(CC(C)C)c(Cl)c4)n3)cc2)CC1. The molecule has 0 bridgehead atoms. The van der Waals surface area contributed by atoms with Gasteiger partial charge in [-0.3, -0.25) is 9.69 Å². The van der Waals surface area contributed by atoms with Crippen molar-refractivity contribution in [3.05, 3.63) is 58.6 Å². The third-order valence-corrected chi connectivity index (χ3v) is 7.55. The Labute approximate surface area is 235 Å². The Morgan fingerprint density at radius 3 is 2.44 bits per heavy atom. The number of aliphatic carboxylic acids is 1. The molecule has 4 rings (SSSR count). The van der Waals surface area contributed by atoms with E-state index >= 15 is 0 Å². The van der Waals surface area contributed by atoms with Gasteiger partial charge in [-0.25, -0.2) is 0 Å². The summed E-state index contributed by atoms with van der Waals surface area (Å²) in [5, 5.41) is 14.8. The summed E-state index contributed by atoms with van der Waals surface area (Å²) < 4.78 is 16.5. The number of nitrogens with zero attached hydrogens (tertiary/aromatic N) is 3. The minimum Gasteiger partial charge on any atom is -0.481 e. The van der Waals surface area contributed by atoms with Crippen LogP contribution in [0.4, 0.5) is 0 Å². The Morgan fingerprint density at radius 2 is 1.79 bits per heavy atom. The highest BCUT2D eigenvalue weighted by Crippen LogP contribution is 2.33. The van der Waals surface area contributed by atoms with E-state index in [1.807, 2.05) is 37.3 Å². The van der Waals surface area contributed by atoms with E-state index in [1.54, 1.807) is 0 Å². The van der Waals surface area contributed by atoms with Crippen LogP contribution in [0.2, 0.25) is 5.02 Å². The first-order chi connectivity index (χ1) is 18.8. The van der Waals surface area contributed by atoms with Crippen molar-refractivity contribution in [1.29, 1.82) is 0 Å². The van der Waals surface area contributed by atoms with Crippen molar-refractivity contribution in [2.75, 3.05) is 39.5 Å². The Balaban J connectivity index is 1.32. The molecular weight excluding hydrogens is 518 g/mol. The van der Waals surface area contributed by atoms with Crippen LogP contribution in [0, 0.1) is 11.3 Å². The number of hydrogen-bond donors (Lipinski definition) is 1. The lowest BCUT2D eigenvalue weighted by atomic mass is 9.79. The second-order valence-corrected chi connectivity index (χ2v) is 11.0. The van der Waals surface area contributed by atoms with Crippen LogP contribution >= 0.6 is 11.6 Å². The molecule has 0 spiro atoms. The van der Waals surface area contributed by atoms with Crippen molar-refractivity contribution < 1.29 is 23.9 Å². The summed E-state index contributed by atoms with van der Waals surface area (Å²) in [6, 6.07) is 13.9. The van der Waals surface area contributed by atoms with Gasteiger partial charge in [0.25, 0.3) is 5.89 Å². The van der Waals surface area contributed by atoms with E-state index in [2.05, 4.69) is 41.0 Å². The summed E-state index contributed by atoms with van der Waals surface area (Å²) in [4.78, 5) is 18.9. The number of ether oxygens (including phenoxy) is 2. The number of benzene rings is 2. The zero-order chi connectivity index (χ0) is 27.8. The number of aromatic nitrogens is 2. The normalized spacial score (nSPS) is 15.6. The van der Waals surface area contributed by atoms with Crippen molar-refractivity contribution in [2.45, 2.75) is 46.6 Å². The molecule has 2 heterocycles. The first-order valence-electron chi connectivity index (χ1n) is 13.6. The van der Waals surface area contributed by atoms with E-state index < -0.39 is 11.4 Å². The van der Waals surface area contributed by atoms with Gasteiger partial charge in [0, 0.05) is 29.3 Å². The monoisotopic (exact) mass is 555 g/mol. The smallest absolute Gasteiger partial charge is 0.312 e. The van der Waals surface area contributed by atoms with Gasteiger partial charge in [-0.2, -0.15) is 4.98 Å². The van der Waals surface area contributed by atoms with Crippen LogP contribution in [0.5, 0.6) is 0 Å². The lowest BCUT2D eigenvalue weighted by Gasteiger charge is -2.38. The maximum absolute atomic E-state index is 12.0. The topological polar surface area (TPSA) is 97.9 Å². The summed E-state index contributed by atoms with van der Waals surface area (Å²) >= 11 is 6.48. The van der Waals surface area contributed by atoms with E-state index in [4.69, 9.17) is 25.6 Å². The number of rotatable bonds is 13. The molecule has 1 saturated heterocycles. The number of carboxylic acids is 1. The fourth-order valence-corrected chi connectivity index (χ4v) is 5.11. The van der Waals surface area contributed by atoms with Crippen molar-refractivity contribution in [1.82, 2.24) is 15.0 Å². The van der Waals surface area contributed by atoms with Crippen LogP contribution in [-0.4, -0.2) is 65.6 Å². The minimum atomic E-state index is -0.831. The van der Waals surface area contributed by atoms with Crippen LogP contribution in [0.25, 0.3) is 22.8 Å².